The minimum atomic E-state index is -3.71. The molecule has 1 N–H and O–H groups in total. The molecule has 0 radical (unpaired) electrons. The van der Waals surface area contributed by atoms with Crippen molar-refractivity contribution in [2.45, 2.75) is 24.7 Å². The van der Waals surface area contributed by atoms with E-state index in [2.05, 4.69) is 5.32 Å². The summed E-state index contributed by atoms with van der Waals surface area (Å²) in [4.78, 5) is 11.6. The van der Waals surface area contributed by atoms with Crippen LogP contribution in [0.25, 0.3) is 0 Å². The number of amides is 1. The number of hydrogen-bond donors (Lipinski definition) is 1. The number of sulfonamides is 1. The number of nitrogens with one attached hydrogen (secondary N) is 1. The number of nitriles is 1. The van der Waals surface area contributed by atoms with Gasteiger partial charge in [-0.2, -0.15) is 9.57 Å². The first kappa shape index (κ1) is 17.1. The van der Waals surface area contributed by atoms with Gasteiger partial charge in [0.25, 0.3) is 0 Å². The van der Waals surface area contributed by atoms with Gasteiger partial charge < -0.3 is 5.32 Å². The summed E-state index contributed by atoms with van der Waals surface area (Å²) in [6.07, 6.45) is 0.847. The highest BCUT2D eigenvalue weighted by molar-refractivity contribution is 7.89. The minimum Gasteiger partial charge on any atom is -0.358 e. The van der Waals surface area contributed by atoms with E-state index in [4.69, 9.17) is 5.26 Å². The summed E-state index contributed by atoms with van der Waals surface area (Å²) >= 11 is 0. The third kappa shape index (κ3) is 4.55. The number of benzene rings is 1. The largest absolute Gasteiger partial charge is 0.358 e. The fraction of sp³-hybridized carbons (Fsp3) is 0.429. The van der Waals surface area contributed by atoms with Crippen molar-refractivity contribution in [1.82, 2.24) is 9.62 Å². The molecule has 1 amide bonds. The Labute approximate surface area is 125 Å². The molecule has 1 aromatic carbocycles. The zero-order chi connectivity index (χ0) is 15.9. The van der Waals surface area contributed by atoms with E-state index in [0.29, 0.717) is 6.42 Å². The van der Waals surface area contributed by atoms with Crippen LogP contribution in [0.2, 0.25) is 0 Å². The maximum Gasteiger partial charge on any atom is 0.243 e. The molecule has 114 valence electrons. The molecule has 0 aliphatic rings. The van der Waals surface area contributed by atoms with E-state index in [1.165, 1.54) is 19.2 Å². The van der Waals surface area contributed by atoms with E-state index in [-0.39, 0.29) is 30.3 Å². The molecule has 0 saturated carbocycles. The molecule has 6 nitrogen and oxygen atoms in total. The lowest BCUT2D eigenvalue weighted by Gasteiger charge is -2.20. The first-order chi connectivity index (χ1) is 9.95. The van der Waals surface area contributed by atoms with Crippen molar-refractivity contribution >= 4 is 15.9 Å². The second kappa shape index (κ2) is 7.76. The van der Waals surface area contributed by atoms with Gasteiger partial charge in [0.05, 0.1) is 23.9 Å². The van der Waals surface area contributed by atoms with Crippen molar-refractivity contribution in [2.24, 2.45) is 0 Å². The Balaban J connectivity index is 3.04. The van der Waals surface area contributed by atoms with Crippen LogP contribution in [0.4, 0.5) is 0 Å². The Morgan fingerprint density at radius 1 is 1.33 bits per heavy atom. The van der Waals surface area contributed by atoms with E-state index in [9.17, 15) is 13.2 Å². The van der Waals surface area contributed by atoms with E-state index in [1.54, 1.807) is 12.1 Å². The van der Waals surface area contributed by atoms with Crippen LogP contribution < -0.4 is 5.32 Å². The highest BCUT2D eigenvalue weighted by atomic mass is 32.2. The highest BCUT2D eigenvalue weighted by Gasteiger charge is 2.25. The highest BCUT2D eigenvalue weighted by Crippen LogP contribution is 2.17. The standard InChI is InChI=1S/C14H19N3O3S/c1-3-10-17(11-14(18)16-2)21(19,20)13-6-4-12(5-7-13)8-9-15/h4-7H,3,8,10-11H2,1-2H3,(H,16,18). The molecule has 7 heteroatoms. The predicted molar refractivity (Wildman–Crippen MR) is 78.9 cm³/mol. The second-order valence-electron chi connectivity index (χ2n) is 4.49. The molecule has 0 fully saturated rings. The average Bonchev–Trinajstić information content (AvgIpc) is 2.47. The number of nitrogens with zero attached hydrogens (tertiary/aromatic N) is 2. The van der Waals surface area contributed by atoms with Crippen LogP contribution in [-0.4, -0.2) is 38.8 Å². The fourth-order valence-electron chi connectivity index (χ4n) is 1.79. The van der Waals surface area contributed by atoms with Crippen molar-refractivity contribution in [1.29, 1.82) is 5.26 Å². The third-order valence-corrected chi connectivity index (χ3v) is 4.78. The van der Waals surface area contributed by atoms with Crippen LogP contribution in [0.1, 0.15) is 18.9 Å². The molecular weight excluding hydrogens is 290 g/mol. The van der Waals surface area contributed by atoms with Crippen LogP contribution in [-0.2, 0) is 21.2 Å². The Kier molecular flexibility index (Phi) is 6.34. The second-order valence-corrected chi connectivity index (χ2v) is 6.43. The van der Waals surface area contributed by atoms with Crippen molar-refractivity contribution in [3.8, 4) is 6.07 Å². The molecule has 1 aromatic rings. The Morgan fingerprint density at radius 3 is 2.43 bits per heavy atom. The number of carbonyl (C=O) groups is 1. The van der Waals surface area contributed by atoms with Gasteiger partial charge >= 0.3 is 0 Å². The molecule has 0 bridgehead atoms. The molecule has 0 aliphatic heterocycles. The van der Waals surface area contributed by atoms with Crippen LogP contribution in [0.3, 0.4) is 0 Å². The summed E-state index contributed by atoms with van der Waals surface area (Å²) in [5, 5.41) is 11.0. The lowest BCUT2D eigenvalue weighted by Crippen LogP contribution is -2.40. The Bertz CT molecular complexity index is 618. The first-order valence-corrected chi connectivity index (χ1v) is 8.06. The average molecular weight is 309 g/mol. The fourth-order valence-corrected chi connectivity index (χ4v) is 3.28. The maximum absolute atomic E-state index is 12.5. The number of hydrogen-bond acceptors (Lipinski definition) is 4. The quantitative estimate of drug-likeness (QED) is 0.810. The van der Waals surface area contributed by atoms with Crippen LogP contribution in [0.15, 0.2) is 29.2 Å². The Hall–Kier alpha value is -1.91. The van der Waals surface area contributed by atoms with Crippen molar-refractivity contribution in [3.05, 3.63) is 29.8 Å². The summed E-state index contributed by atoms with van der Waals surface area (Å²) in [7, 11) is -2.24. The van der Waals surface area contributed by atoms with Gasteiger partial charge in [0.1, 0.15) is 0 Å². The monoisotopic (exact) mass is 309 g/mol. The van der Waals surface area contributed by atoms with Gasteiger partial charge in [0, 0.05) is 13.6 Å². The summed E-state index contributed by atoms with van der Waals surface area (Å²) in [6, 6.07) is 8.16. The molecule has 0 saturated heterocycles. The van der Waals surface area contributed by atoms with Crippen molar-refractivity contribution in [2.75, 3.05) is 20.1 Å². The van der Waals surface area contributed by atoms with Gasteiger partial charge in [-0.3, -0.25) is 4.79 Å². The topological polar surface area (TPSA) is 90.3 Å². The number of carbonyl (C=O) groups excluding carboxylic acids is 1. The molecule has 0 atom stereocenters. The van der Waals surface area contributed by atoms with Gasteiger partial charge in [-0.05, 0) is 24.1 Å². The SMILES string of the molecule is CCCN(CC(=O)NC)S(=O)(=O)c1ccc(CC#N)cc1. The van der Waals surface area contributed by atoms with E-state index < -0.39 is 10.0 Å². The molecule has 0 aliphatic carbocycles. The number of rotatable bonds is 7. The van der Waals surface area contributed by atoms with Gasteiger partial charge in [-0.15, -0.1) is 0 Å². The number of likely N-dealkylation sites (N-methyl/N-ethyl adjacent to an activating group) is 1. The zero-order valence-corrected chi connectivity index (χ0v) is 13.0. The lowest BCUT2D eigenvalue weighted by atomic mass is 10.2. The molecule has 0 aromatic heterocycles. The third-order valence-electron chi connectivity index (χ3n) is 2.92. The summed E-state index contributed by atoms with van der Waals surface area (Å²) in [5.41, 5.74) is 0.754. The zero-order valence-electron chi connectivity index (χ0n) is 12.2. The Morgan fingerprint density at radius 2 is 1.95 bits per heavy atom. The van der Waals surface area contributed by atoms with Crippen LogP contribution in [0, 0.1) is 11.3 Å². The lowest BCUT2D eigenvalue weighted by molar-refractivity contribution is -0.120. The molecule has 0 unspecified atom stereocenters. The van der Waals surface area contributed by atoms with Crippen LogP contribution >= 0.6 is 0 Å². The van der Waals surface area contributed by atoms with Crippen molar-refractivity contribution in [3.63, 3.8) is 0 Å². The first-order valence-electron chi connectivity index (χ1n) is 6.62. The van der Waals surface area contributed by atoms with Gasteiger partial charge in [-0.1, -0.05) is 19.1 Å². The summed E-state index contributed by atoms with van der Waals surface area (Å²) < 4.78 is 26.2. The molecule has 0 heterocycles. The minimum absolute atomic E-state index is 0.126. The molecule has 0 spiro atoms. The van der Waals surface area contributed by atoms with Gasteiger partial charge in [-0.25, -0.2) is 8.42 Å². The normalized spacial score (nSPS) is 11.1. The van der Waals surface area contributed by atoms with E-state index in [0.717, 1.165) is 9.87 Å². The molecule has 1 rings (SSSR count). The van der Waals surface area contributed by atoms with Gasteiger partial charge in [0.15, 0.2) is 0 Å². The molecule has 21 heavy (non-hydrogen) atoms. The summed E-state index contributed by atoms with van der Waals surface area (Å²) in [6.45, 7) is 1.92. The van der Waals surface area contributed by atoms with Crippen LogP contribution in [0.5, 0.6) is 0 Å². The van der Waals surface area contributed by atoms with Crippen molar-refractivity contribution < 1.29 is 13.2 Å². The summed E-state index contributed by atoms with van der Waals surface area (Å²) in [5.74, 6) is -0.354. The van der Waals surface area contributed by atoms with Gasteiger partial charge in [0.2, 0.25) is 15.9 Å². The smallest absolute Gasteiger partial charge is 0.243 e. The molecular formula is C14H19N3O3S. The van der Waals surface area contributed by atoms with E-state index >= 15 is 0 Å². The maximum atomic E-state index is 12.5. The van der Waals surface area contributed by atoms with E-state index in [1.807, 2.05) is 13.0 Å². The predicted octanol–water partition coefficient (Wildman–Crippen LogP) is 0.899.